The fraction of sp³-hybridized carbons (Fsp3) is 0.342. The second kappa shape index (κ2) is 12.4. The molecule has 0 aromatic heterocycles. The summed E-state index contributed by atoms with van der Waals surface area (Å²) in [6.45, 7) is -0.518. The summed E-state index contributed by atoms with van der Waals surface area (Å²) in [5.74, 6) is -0.430. The third-order valence-corrected chi connectivity index (χ3v) is 10.6. The van der Waals surface area contributed by atoms with E-state index in [4.69, 9.17) is 4.74 Å². The molecule has 10 heteroatoms. The van der Waals surface area contributed by atoms with Crippen molar-refractivity contribution in [2.75, 3.05) is 11.5 Å². The lowest BCUT2D eigenvalue weighted by atomic mass is 9.56. The van der Waals surface area contributed by atoms with Crippen LogP contribution in [0.4, 0.5) is 10.1 Å². The smallest absolute Gasteiger partial charge is 0.236 e. The zero-order valence-corrected chi connectivity index (χ0v) is 26.1. The molecule has 2 saturated heterocycles. The number of hydrogen-bond acceptors (Lipinski definition) is 8. The number of amides is 1. The molecule has 4 aromatic rings. The van der Waals surface area contributed by atoms with E-state index in [-0.39, 0.29) is 17.5 Å². The summed E-state index contributed by atoms with van der Waals surface area (Å²) in [7, 11) is 0. The number of aromatic hydroxyl groups is 1. The number of nitrogens with zero attached hydrogens (tertiary/aromatic N) is 1. The number of anilines is 1. The van der Waals surface area contributed by atoms with E-state index in [1.54, 1.807) is 47.4 Å². The lowest BCUT2D eigenvalue weighted by Crippen LogP contribution is -2.65. The number of aliphatic hydroxyl groups excluding tert-OH is 4. The highest BCUT2D eigenvalue weighted by Crippen LogP contribution is 2.62. The number of aliphatic hydroxyl groups is 5. The number of carbonyl (C=O) groups is 1. The third-order valence-electron chi connectivity index (χ3n) is 10.6. The Labute approximate surface area is 277 Å². The van der Waals surface area contributed by atoms with Crippen molar-refractivity contribution in [3.8, 4) is 16.9 Å². The Hall–Kier alpha value is -4.16. The first kappa shape index (κ1) is 32.4. The molecule has 2 heterocycles. The maximum absolute atomic E-state index is 14.0. The molecule has 0 radical (unpaired) electrons. The number of halogens is 1. The molecular formula is C38H38FNO8. The van der Waals surface area contributed by atoms with Crippen molar-refractivity contribution in [3.63, 3.8) is 0 Å². The van der Waals surface area contributed by atoms with Crippen LogP contribution in [0.15, 0.2) is 97.1 Å². The van der Waals surface area contributed by atoms with Gasteiger partial charge in [0.2, 0.25) is 5.91 Å². The van der Waals surface area contributed by atoms with Crippen molar-refractivity contribution in [1.29, 1.82) is 0 Å². The number of β-lactam (4-membered cyclic amide) rings is 1. The molecule has 3 aliphatic rings. The molecule has 9 nitrogen and oxygen atoms in total. The Bertz CT molecular complexity index is 1770. The summed E-state index contributed by atoms with van der Waals surface area (Å²) in [6.07, 6.45) is -4.92. The maximum atomic E-state index is 14.0. The quantitative estimate of drug-likeness (QED) is 0.169. The summed E-state index contributed by atoms with van der Waals surface area (Å²) < 4.78 is 19.3. The van der Waals surface area contributed by atoms with E-state index in [1.807, 2.05) is 42.5 Å². The highest BCUT2D eigenvalue weighted by Gasteiger charge is 2.64. The fourth-order valence-corrected chi connectivity index (χ4v) is 7.79. The molecule has 48 heavy (non-hydrogen) atoms. The molecule has 6 N–H and O–H groups in total. The Morgan fingerprint density at radius 1 is 0.792 bits per heavy atom. The van der Waals surface area contributed by atoms with Gasteiger partial charge in [-0.3, -0.25) is 4.79 Å². The number of rotatable bonds is 6. The molecule has 7 rings (SSSR count). The van der Waals surface area contributed by atoms with E-state index in [2.05, 4.69) is 0 Å². The highest BCUT2D eigenvalue weighted by atomic mass is 19.1. The number of ether oxygens (including phenoxy) is 1. The van der Waals surface area contributed by atoms with Crippen LogP contribution in [0, 0.1) is 11.2 Å². The topological polar surface area (TPSA) is 151 Å². The fourth-order valence-electron chi connectivity index (χ4n) is 7.79. The molecule has 1 saturated carbocycles. The molecule has 1 amide bonds. The van der Waals surface area contributed by atoms with Gasteiger partial charge in [-0.1, -0.05) is 66.7 Å². The number of carbonyl (C=O) groups excluding carboxylic acids is 1. The molecule has 0 bridgehead atoms. The molecule has 1 spiro atoms. The van der Waals surface area contributed by atoms with E-state index < -0.39 is 54.2 Å². The van der Waals surface area contributed by atoms with Gasteiger partial charge in [0.15, 0.2) is 0 Å². The summed E-state index contributed by atoms with van der Waals surface area (Å²) in [5, 5.41) is 63.4. The summed E-state index contributed by atoms with van der Waals surface area (Å²) >= 11 is 0. The van der Waals surface area contributed by atoms with Crippen LogP contribution >= 0.6 is 0 Å². The van der Waals surface area contributed by atoms with Crippen molar-refractivity contribution in [2.45, 2.75) is 67.8 Å². The van der Waals surface area contributed by atoms with Gasteiger partial charge < -0.3 is 40.3 Å². The number of para-hydroxylation sites is 1. The average Bonchev–Trinajstić information content (AvgIpc) is 3.11. The van der Waals surface area contributed by atoms with Crippen molar-refractivity contribution in [1.82, 2.24) is 0 Å². The minimum atomic E-state index is -1.48. The summed E-state index contributed by atoms with van der Waals surface area (Å²) in [5.41, 5.74) is 1.90. The van der Waals surface area contributed by atoms with Crippen LogP contribution < -0.4 is 4.90 Å². The van der Waals surface area contributed by atoms with Crippen LogP contribution in [0.1, 0.15) is 54.5 Å². The van der Waals surface area contributed by atoms with E-state index in [1.165, 1.54) is 12.1 Å². The molecule has 1 aliphatic carbocycles. The molecule has 3 fully saturated rings. The van der Waals surface area contributed by atoms with Crippen LogP contribution in [-0.4, -0.2) is 67.6 Å². The van der Waals surface area contributed by atoms with E-state index in [9.17, 15) is 39.8 Å². The van der Waals surface area contributed by atoms with Gasteiger partial charge >= 0.3 is 0 Å². The Morgan fingerprint density at radius 3 is 2.06 bits per heavy atom. The van der Waals surface area contributed by atoms with Crippen LogP contribution in [0.25, 0.3) is 11.1 Å². The Balaban J connectivity index is 1.17. The number of phenolic OH excluding ortho intramolecular Hbond substituents is 1. The molecule has 250 valence electrons. The van der Waals surface area contributed by atoms with Gasteiger partial charge in [0, 0.05) is 11.3 Å². The normalized spacial score (nSPS) is 31.9. The van der Waals surface area contributed by atoms with Gasteiger partial charge in [-0.15, -0.1) is 0 Å². The van der Waals surface area contributed by atoms with Gasteiger partial charge in [-0.2, -0.15) is 0 Å². The molecule has 2 aliphatic heterocycles. The zero-order chi connectivity index (χ0) is 33.8. The third kappa shape index (κ3) is 5.29. The summed E-state index contributed by atoms with van der Waals surface area (Å²) in [6, 6.07) is 27.0. The first-order chi connectivity index (χ1) is 23.1. The van der Waals surface area contributed by atoms with Gasteiger partial charge in [0.25, 0.3) is 0 Å². The van der Waals surface area contributed by atoms with E-state index in [0.29, 0.717) is 53.6 Å². The lowest BCUT2D eigenvalue weighted by molar-refractivity contribution is -0.231. The Morgan fingerprint density at radius 2 is 1.44 bits per heavy atom. The highest BCUT2D eigenvalue weighted by molar-refractivity contribution is 6.06. The first-order valence-corrected chi connectivity index (χ1v) is 16.2. The number of benzene rings is 4. The van der Waals surface area contributed by atoms with Gasteiger partial charge in [0.1, 0.15) is 42.1 Å². The second-order valence-electron chi connectivity index (χ2n) is 13.3. The minimum Gasteiger partial charge on any atom is -0.508 e. The minimum absolute atomic E-state index is 0.0164. The van der Waals surface area contributed by atoms with Crippen LogP contribution in [0.2, 0.25) is 0 Å². The monoisotopic (exact) mass is 655 g/mol. The molecule has 0 unspecified atom stereocenters. The Kier molecular flexibility index (Phi) is 8.35. The summed E-state index contributed by atoms with van der Waals surface area (Å²) in [4.78, 5) is 15.7. The van der Waals surface area contributed by atoms with E-state index >= 15 is 0 Å². The standard InChI is InChI=1S/C38H38FNO8/c39-26-13-11-25(12-14-26)38(47)18-16-37(17-19-38)35(40(36(37)46)27-4-2-1-3-5-27)28-15-10-24(20-29(28)42)22-6-8-23(9-7-22)34-33(45)32(44)31(43)30(21-41)48-34/h1-15,20,30-35,41-45,47H,16-19,21H2/t30-,31-,32+,33-,34+,35-,37?,38?/m1/s1. The predicted octanol–water partition coefficient (Wildman–Crippen LogP) is 4.25. The van der Waals surface area contributed by atoms with Gasteiger partial charge in [-0.05, 0) is 78.3 Å². The second-order valence-corrected chi connectivity index (χ2v) is 13.3. The SMILES string of the molecule is O=C1N(c2ccccc2)[C@H](c2ccc(-c3ccc([C@@H]4O[C@H](CO)[C@@H](O)[C@H](O)[C@H]4O)cc3)cc2O)C12CCC(O)(c1ccc(F)cc1)CC2. The average molecular weight is 656 g/mol. The van der Waals surface area contributed by atoms with Crippen molar-refractivity contribution in [3.05, 3.63) is 120 Å². The van der Waals surface area contributed by atoms with Crippen molar-refractivity contribution >= 4 is 11.6 Å². The van der Waals surface area contributed by atoms with Crippen LogP contribution in [0.3, 0.4) is 0 Å². The van der Waals surface area contributed by atoms with E-state index in [0.717, 1.165) is 5.56 Å². The molecular weight excluding hydrogens is 617 g/mol. The molecule has 6 atom stereocenters. The number of hydrogen-bond donors (Lipinski definition) is 6. The largest absolute Gasteiger partial charge is 0.508 e. The zero-order valence-electron chi connectivity index (χ0n) is 26.1. The van der Waals surface area contributed by atoms with Crippen molar-refractivity contribution < 1.29 is 44.6 Å². The van der Waals surface area contributed by atoms with Crippen LogP contribution in [0.5, 0.6) is 5.75 Å². The van der Waals surface area contributed by atoms with Crippen molar-refractivity contribution in [2.24, 2.45) is 5.41 Å². The van der Waals surface area contributed by atoms with Gasteiger partial charge in [-0.25, -0.2) is 4.39 Å². The lowest BCUT2D eigenvalue weighted by Gasteiger charge is -2.59. The maximum Gasteiger partial charge on any atom is 0.236 e. The number of phenols is 1. The first-order valence-electron chi connectivity index (χ1n) is 16.2. The molecule has 4 aromatic carbocycles. The van der Waals surface area contributed by atoms with Crippen LogP contribution in [-0.2, 0) is 15.1 Å². The van der Waals surface area contributed by atoms with Gasteiger partial charge in [0.05, 0.1) is 23.7 Å². The predicted molar refractivity (Wildman–Crippen MR) is 174 cm³/mol.